The highest BCUT2D eigenvalue weighted by atomic mass is 127. The molecule has 31 heavy (non-hydrogen) atoms. The van der Waals surface area contributed by atoms with Crippen LogP contribution in [0.15, 0.2) is 40.1 Å². The normalized spacial score (nSPS) is 15.1. The number of hydrogen-bond donors (Lipinski definition) is 2. The fraction of sp³-hybridized carbons (Fsp3) is 0.238. The third-order valence-electron chi connectivity index (χ3n) is 4.94. The maximum Gasteiger partial charge on any atom is 0.375 e. The third kappa shape index (κ3) is 4.44. The molecule has 2 aromatic heterocycles. The van der Waals surface area contributed by atoms with Crippen LogP contribution >= 0.6 is 57.1 Å². The van der Waals surface area contributed by atoms with Gasteiger partial charge in [0.2, 0.25) is 6.54 Å². The number of fused-ring (bicyclic) bond motifs is 2. The van der Waals surface area contributed by atoms with Gasteiger partial charge < -0.3 is 19.7 Å². The summed E-state index contributed by atoms with van der Waals surface area (Å²) in [5.74, 6) is 0.494. The predicted octanol–water partition coefficient (Wildman–Crippen LogP) is 6.36. The summed E-state index contributed by atoms with van der Waals surface area (Å²) in [6.07, 6.45) is 4.67. The number of nitrogens with one attached hydrogen (secondary N) is 1. The minimum atomic E-state index is -0.918. The van der Waals surface area contributed by atoms with Gasteiger partial charge in [-0.2, -0.15) is 0 Å². The molecular formula is C21H19Cl2IN3O3S+. The minimum absolute atomic E-state index is 0.166. The molecular weight excluding hydrogens is 572 g/mol. The number of halogens is 3. The van der Waals surface area contributed by atoms with Crippen molar-refractivity contribution >= 4 is 91.0 Å². The van der Waals surface area contributed by atoms with Crippen molar-refractivity contribution in [2.45, 2.75) is 26.8 Å². The summed E-state index contributed by atoms with van der Waals surface area (Å²) in [5, 5.41) is 13.8. The number of aliphatic carboxylic acids is 1. The summed E-state index contributed by atoms with van der Waals surface area (Å²) in [6.45, 7) is 4.69. The quantitative estimate of drug-likeness (QED) is 0.258. The standard InChI is InChI=1S/C21H18Cl2IN3O3S/c1-3-11(5-18-25-14-7-12(22)13(23)8-15(14)26(18)4-2)6-19-27(10-20(28)29)16-9-17(24)31-21(16)30-19/h5-9H,3-4,10H2,1-2H3,(H,28,29)/p+1. The van der Waals surface area contributed by atoms with Crippen LogP contribution in [0.4, 0.5) is 11.4 Å². The Bertz CT molecular complexity index is 1250. The maximum absolute atomic E-state index is 11.4. The molecule has 3 aromatic rings. The number of anilines is 2. The Kier molecular flexibility index (Phi) is 6.52. The average Bonchev–Trinajstić information content (AvgIpc) is 3.32. The van der Waals surface area contributed by atoms with E-state index >= 15 is 0 Å². The second-order valence-electron chi connectivity index (χ2n) is 6.90. The number of allylic oxidation sites excluding steroid dienone is 2. The molecule has 0 atom stereocenters. The van der Waals surface area contributed by atoms with Gasteiger partial charge in [-0.25, -0.2) is 4.79 Å². The van der Waals surface area contributed by atoms with E-state index in [-0.39, 0.29) is 6.54 Å². The van der Waals surface area contributed by atoms with Crippen molar-refractivity contribution in [3.05, 3.63) is 54.5 Å². The first-order valence-electron chi connectivity index (χ1n) is 9.60. The summed E-state index contributed by atoms with van der Waals surface area (Å²) in [4.78, 5) is 14.3. The lowest BCUT2D eigenvalue weighted by atomic mass is 10.1. The second-order valence-corrected chi connectivity index (χ2v) is 10.6. The molecule has 0 aliphatic carbocycles. The van der Waals surface area contributed by atoms with Crippen LogP contribution in [0, 0.1) is 2.88 Å². The summed E-state index contributed by atoms with van der Waals surface area (Å²) in [6, 6.07) is 5.62. The molecule has 0 bridgehead atoms. The van der Waals surface area contributed by atoms with Gasteiger partial charge >= 0.3 is 11.9 Å². The van der Waals surface area contributed by atoms with Crippen LogP contribution in [0.1, 0.15) is 26.2 Å². The first-order valence-corrected chi connectivity index (χ1v) is 12.2. The summed E-state index contributed by atoms with van der Waals surface area (Å²) < 4.78 is 8.74. The number of carboxylic acid groups (broad SMARTS) is 1. The zero-order valence-electron chi connectivity index (χ0n) is 16.7. The number of carboxylic acids is 1. The van der Waals surface area contributed by atoms with E-state index in [1.807, 2.05) is 37.3 Å². The van der Waals surface area contributed by atoms with E-state index < -0.39 is 5.97 Å². The highest BCUT2D eigenvalue weighted by Gasteiger charge is 2.27. The third-order valence-corrected chi connectivity index (χ3v) is 7.42. The molecule has 1 aromatic carbocycles. The number of rotatable bonds is 6. The first-order chi connectivity index (χ1) is 14.8. The molecule has 1 aliphatic rings. The number of benzene rings is 1. The highest BCUT2D eigenvalue weighted by molar-refractivity contribution is 14.1. The van der Waals surface area contributed by atoms with Gasteiger partial charge in [0.15, 0.2) is 0 Å². The van der Waals surface area contributed by atoms with Crippen molar-refractivity contribution in [1.29, 1.82) is 0 Å². The molecule has 3 heterocycles. The largest absolute Gasteiger partial charge is 0.477 e. The number of thiophene rings is 1. The zero-order chi connectivity index (χ0) is 22.3. The summed E-state index contributed by atoms with van der Waals surface area (Å²) in [7, 11) is 0. The van der Waals surface area contributed by atoms with Crippen molar-refractivity contribution < 1.29 is 18.9 Å². The Morgan fingerprint density at radius 1 is 1.32 bits per heavy atom. The Balaban J connectivity index is 1.75. The lowest BCUT2D eigenvalue weighted by Crippen LogP contribution is -2.39. The van der Waals surface area contributed by atoms with Gasteiger partial charge in [-0.15, -0.1) is 4.57 Å². The Hall–Kier alpha value is -1.75. The Labute approximate surface area is 206 Å². The second kappa shape index (κ2) is 9.01. The average molecular weight is 591 g/mol. The Morgan fingerprint density at radius 2 is 2.06 bits per heavy atom. The predicted molar refractivity (Wildman–Crippen MR) is 134 cm³/mol. The summed E-state index contributed by atoms with van der Waals surface area (Å²) in [5.41, 5.74) is 3.64. The molecule has 0 amide bonds. The van der Waals surface area contributed by atoms with Crippen LogP contribution in [0.25, 0.3) is 16.5 Å². The molecule has 1 aliphatic heterocycles. The van der Waals surface area contributed by atoms with E-state index in [1.165, 1.54) is 11.3 Å². The number of oxazole rings is 1. The molecule has 2 N–H and O–H groups in total. The van der Waals surface area contributed by atoms with E-state index in [1.54, 1.807) is 4.57 Å². The molecule has 4 rings (SSSR count). The van der Waals surface area contributed by atoms with Gasteiger partial charge in [0.05, 0.1) is 30.4 Å². The van der Waals surface area contributed by atoms with Gasteiger partial charge in [-0.3, -0.25) is 0 Å². The molecule has 10 heteroatoms. The number of hydrogen-bond acceptors (Lipinski definition) is 5. The van der Waals surface area contributed by atoms with Gasteiger partial charge in [-0.05, 0) is 59.7 Å². The van der Waals surface area contributed by atoms with Crippen molar-refractivity contribution in [1.82, 2.24) is 0 Å². The minimum Gasteiger partial charge on any atom is -0.477 e. The molecule has 162 valence electrons. The lowest BCUT2D eigenvalue weighted by molar-refractivity contribution is -0.666. The van der Waals surface area contributed by atoms with E-state index in [9.17, 15) is 9.90 Å². The van der Waals surface area contributed by atoms with E-state index in [2.05, 4.69) is 39.7 Å². The zero-order valence-corrected chi connectivity index (χ0v) is 21.2. The van der Waals surface area contributed by atoms with E-state index in [0.29, 0.717) is 20.8 Å². The maximum atomic E-state index is 11.4. The molecule has 0 saturated carbocycles. The SMILES string of the molecule is CCC(=Cc1oc2sc(I)cc2[n+]1CC(=O)O)C=C1Nc2cc(Cl)c(Cl)cc2N1CC. The summed E-state index contributed by atoms with van der Waals surface area (Å²) >= 11 is 16.1. The van der Waals surface area contributed by atoms with Crippen LogP contribution in [-0.4, -0.2) is 17.6 Å². The molecule has 0 saturated heterocycles. The van der Waals surface area contributed by atoms with Crippen LogP contribution < -0.4 is 14.8 Å². The number of aromatic nitrogens is 1. The van der Waals surface area contributed by atoms with Gasteiger partial charge in [0, 0.05) is 12.6 Å². The molecule has 0 radical (unpaired) electrons. The smallest absolute Gasteiger partial charge is 0.375 e. The monoisotopic (exact) mass is 590 g/mol. The van der Waals surface area contributed by atoms with Gasteiger partial charge in [-0.1, -0.05) is 41.5 Å². The van der Waals surface area contributed by atoms with Crippen LogP contribution in [0.2, 0.25) is 10.0 Å². The molecule has 0 fully saturated rings. The number of carbonyl (C=O) groups is 1. The molecule has 0 spiro atoms. The van der Waals surface area contributed by atoms with E-state index in [4.69, 9.17) is 27.6 Å². The van der Waals surface area contributed by atoms with Crippen molar-refractivity contribution in [2.24, 2.45) is 0 Å². The van der Waals surface area contributed by atoms with Crippen LogP contribution in [0.5, 0.6) is 0 Å². The van der Waals surface area contributed by atoms with Crippen LogP contribution in [-0.2, 0) is 11.3 Å². The van der Waals surface area contributed by atoms with E-state index in [0.717, 1.165) is 44.1 Å². The van der Waals surface area contributed by atoms with Crippen molar-refractivity contribution in [3.63, 3.8) is 0 Å². The number of nitrogens with zero attached hydrogens (tertiary/aromatic N) is 2. The first kappa shape index (κ1) is 22.4. The molecule has 6 nitrogen and oxygen atoms in total. The fourth-order valence-electron chi connectivity index (χ4n) is 3.50. The fourth-order valence-corrected chi connectivity index (χ4v) is 5.47. The van der Waals surface area contributed by atoms with Crippen molar-refractivity contribution in [3.8, 4) is 0 Å². The van der Waals surface area contributed by atoms with Gasteiger partial charge in [0.1, 0.15) is 5.82 Å². The van der Waals surface area contributed by atoms with Crippen LogP contribution in [0.3, 0.4) is 0 Å². The van der Waals surface area contributed by atoms with Gasteiger partial charge in [0.25, 0.3) is 10.4 Å². The van der Waals surface area contributed by atoms with Crippen molar-refractivity contribution in [2.75, 3.05) is 16.8 Å². The topological polar surface area (TPSA) is 69.6 Å². The highest BCUT2D eigenvalue weighted by Crippen LogP contribution is 2.41. The Morgan fingerprint density at radius 3 is 2.74 bits per heavy atom. The lowest BCUT2D eigenvalue weighted by Gasteiger charge is -2.18. The molecule has 0 unspecified atom stereocenters.